The fourth-order valence-electron chi connectivity index (χ4n) is 2.49. The lowest BCUT2D eigenvalue weighted by Crippen LogP contribution is -2.48. The average molecular weight is 327 g/mol. The molecule has 1 aliphatic rings. The SMILES string of the molecule is CC(C)(C)OC(=O)NC[C@@H]1CCCCN1c1ccc(Cl)nn1. The van der Waals surface area contributed by atoms with Gasteiger partial charge in [-0.3, -0.25) is 0 Å². The van der Waals surface area contributed by atoms with Crippen LogP contribution in [0.1, 0.15) is 40.0 Å². The minimum atomic E-state index is -0.488. The van der Waals surface area contributed by atoms with Gasteiger partial charge in [0.2, 0.25) is 0 Å². The topological polar surface area (TPSA) is 67.3 Å². The number of carbonyl (C=O) groups is 1. The summed E-state index contributed by atoms with van der Waals surface area (Å²) in [5.41, 5.74) is -0.488. The second-order valence-electron chi connectivity index (χ2n) is 6.44. The van der Waals surface area contributed by atoms with E-state index in [0.717, 1.165) is 31.6 Å². The highest BCUT2D eigenvalue weighted by molar-refractivity contribution is 6.29. The number of amides is 1. The Morgan fingerprint density at radius 1 is 1.41 bits per heavy atom. The van der Waals surface area contributed by atoms with E-state index in [-0.39, 0.29) is 12.1 Å². The molecule has 1 aromatic rings. The predicted octanol–water partition coefficient (Wildman–Crippen LogP) is 3.01. The predicted molar refractivity (Wildman–Crippen MR) is 86.3 cm³/mol. The summed E-state index contributed by atoms with van der Waals surface area (Å²) in [6, 6.07) is 3.79. The molecule has 2 heterocycles. The van der Waals surface area contributed by atoms with Gasteiger partial charge < -0.3 is 15.0 Å². The average Bonchev–Trinajstić information content (AvgIpc) is 2.45. The van der Waals surface area contributed by atoms with Crippen LogP contribution in [-0.2, 0) is 4.74 Å². The molecular weight excluding hydrogens is 304 g/mol. The zero-order chi connectivity index (χ0) is 16.2. The second-order valence-corrected chi connectivity index (χ2v) is 6.83. The van der Waals surface area contributed by atoms with E-state index < -0.39 is 5.60 Å². The number of carbonyl (C=O) groups excluding carboxylic acids is 1. The third-order valence-corrected chi connectivity index (χ3v) is 3.62. The van der Waals surface area contributed by atoms with Crippen LogP contribution in [0.15, 0.2) is 12.1 Å². The summed E-state index contributed by atoms with van der Waals surface area (Å²) in [7, 11) is 0. The van der Waals surface area contributed by atoms with Crippen LogP contribution in [0.3, 0.4) is 0 Å². The van der Waals surface area contributed by atoms with Gasteiger partial charge >= 0.3 is 6.09 Å². The van der Waals surface area contributed by atoms with E-state index in [2.05, 4.69) is 20.4 Å². The van der Waals surface area contributed by atoms with Crippen molar-refractivity contribution < 1.29 is 9.53 Å². The summed E-state index contributed by atoms with van der Waals surface area (Å²) in [6.07, 6.45) is 2.85. The smallest absolute Gasteiger partial charge is 0.407 e. The summed E-state index contributed by atoms with van der Waals surface area (Å²) < 4.78 is 5.27. The van der Waals surface area contributed by atoms with Crippen LogP contribution in [0.25, 0.3) is 0 Å². The quantitative estimate of drug-likeness (QED) is 0.924. The number of piperidine rings is 1. The molecular formula is C15H23ClN4O2. The minimum absolute atomic E-state index is 0.191. The summed E-state index contributed by atoms with van der Waals surface area (Å²) in [4.78, 5) is 14.0. The Balaban J connectivity index is 1.95. The Morgan fingerprint density at radius 3 is 2.82 bits per heavy atom. The molecule has 1 amide bonds. The van der Waals surface area contributed by atoms with Crippen molar-refractivity contribution in [2.24, 2.45) is 0 Å². The van der Waals surface area contributed by atoms with Gasteiger partial charge in [-0.05, 0) is 52.2 Å². The first-order valence-corrected chi connectivity index (χ1v) is 7.96. The van der Waals surface area contributed by atoms with Gasteiger partial charge in [0.25, 0.3) is 0 Å². The van der Waals surface area contributed by atoms with Gasteiger partial charge in [-0.25, -0.2) is 4.79 Å². The number of nitrogens with one attached hydrogen (secondary N) is 1. The lowest BCUT2D eigenvalue weighted by Gasteiger charge is -2.36. The van der Waals surface area contributed by atoms with E-state index in [0.29, 0.717) is 11.7 Å². The molecule has 1 fully saturated rings. The summed E-state index contributed by atoms with van der Waals surface area (Å²) in [5, 5.41) is 11.3. The van der Waals surface area contributed by atoms with Crippen molar-refractivity contribution >= 4 is 23.5 Å². The van der Waals surface area contributed by atoms with E-state index in [4.69, 9.17) is 16.3 Å². The van der Waals surface area contributed by atoms with Gasteiger partial charge in [0.1, 0.15) is 5.60 Å². The van der Waals surface area contributed by atoms with Crippen molar-refractivity contribution in [1.29, 1.82) is 0 Å². The van der Waals surface area contributed by atoms with Gasteiger partial charge in [-0.15, -0.1) is 10.2 Å². The lowest BCUT2D eigenvalue weighted by molar-refractivity contribution is 0.0523. The van der Waals surface area contributed by atoms with Crippen molar-refractivity contribution in [2.75, 3.05) is 18.0 Å². The Labute approximate surface area is 136 Å². The Morgan fingerprint density at radius 2 is 2.18 bits per heavy atom. The Kier molecular flexibility index (Phi) is 5.45. The fraction of sp³-hybridized carbons (Fsp3) is 0.667. The number of nitrogens with zero attached hydrogens (tertiary/aromatic N) is 3. The summed E-state index contributed by atoms with van der Waals surface area (Å²) in [5.74, 6) is 0.792. The normalized spacial score (nSPS) is 18.9. The highest BCUT2D eigenvalue weighted by Gasteiger charge is 2.25. The van der Waals surface area contributed by atoms with Gasteiger partial charge in [-0.1, -0.05) is 11.6 Å². The maximum atomic E-state index is 11.8. The third-order valence-electron chi connectivity index (χ3n) is 3.42. The number of halogens is 1. The summed E-state index contributed by atoms with van der Waals surface area (Å²) >= 11 is 5.79. The molecule has 0 spiro atoms. The van der Waals surface area contributed by atoms with E-state index >= 15 is 0 Å². The maximum absolute atomic E-state index is 11.8. The second kappa shape index (κ2) is 7.13. The molecule has 1 saturated heterocycles. The van der Waals surface area contributed by atoms with Gasteiger partial charge in [0.15, 0.2) is 11.0 Å². The number of hydrogen-bond donors (Lipinski definition) is 1. The first kappa shape index (κ1) is 16.8. The molecule has 1 N–H and O–H groups in total. The van der Waals surface area contributed by atoms with Crippen molar-refractivity contribution in [3.05, 3.63) is 17.3 Å². The molecule has 2 rings (SSSR count). The van der Waals surface area contributed by atoms with Crippen LogP contribution in [0.2, 0.25) is 5.15 Å². The number of anilines is 1. The highest BCUT2D eigenvalue weighted by Crippen LogP contribution is 2.23. The molecule has 1 aliphatic heterocycles. The molecule has 1 aromatic heterocycles. The third kappa shape index (κ3) is 5.02. The van der Waals surface area contributed by atoms with E-state index in [1.807, 2.05) is 26.8 Å². The fourth-order valence-corrected chi connectivity index (χ4v) is 2.59. The van der Waals surface area contributed by atoms with Crippen LogP contribution in [0, 0.1) is 0 Å². The molecule has 122 valence electrons. The summed E-state index contributed by atoms with van der Waals surface area (Å²) in [6.45, 7) is 6.98. The first-order valence-electron chi connectivity index (χ1n) is 7.58. The van der Waals surface area contributed by atoms with E-state index in [1.54, 1.807) is 6.07 Å². The zero-order valence-electron chi connectivity index (χ0n) is 13.3. The number of aromatic nitrogens is 2. The number of rotatable bonds is 3. The van der Waals surface area contributed by atoms with Crippen LogP contribution in [-0.4, -0.2) is 41.0 Å². The molecule has 7 heteroatoms. The number of hydrogen-bond acceptors (Lipinski definition) is 5. The maximum Gasteiger partial charge on any atom is 0.407 e. The molecule has 0 saturated carbocycles. The lowest BCUT2D eigenvalue weighted by atomic mass is 10.0. The molecule has 0 unspecified atom stereocenters. The van der Waals surface area contributed by atoms with Crippen LogP contribution in [0.5, 0.6) is 0 Å². The first-order chi connectivity index (χ1) is 10.3. The largest absolute Gasteiger partial charge is 0.444 e. The van der Waals surface area contributed by atoms with Crippen LogP contribution >= 0.6 is 11.6 Å². The van der Waals surface area contributed by atoms with E-state index in [1.165, 1.54) is 0 Å². The molecule has 22 heavy (non-hydrogen) atoms. The van der Waals surface area contributed by atoms with Crippen LogP contribution in [0.4, 0.5) is 10.6 Å². The monoisotopic (exact) mass is 326 g/mol. The number of ether oxygens (including phenoxy) is 1. The van der Waals surface area contributed by atoms with E-state index in [9.17, 15) is 4.79 Å². The standard InChI is InChI=1S/C15H23ClN4O2/c1-15(2,3)22-14(21)17-10-11-6-4-5-9-20(11)13-8-7-12(16)18-19-13/h7-8,11H,4-6,9-10H2,1-3H3,(H,17,21)/t11-/m0/s1. The Bertz CT molecular complexity index is 501. The van der Waals surface area contributed by atoms with Gasteiger partial charge in [-0.2, -0.15) is 0 Å². The van der Waals surface area contributed by atoms with Crippen molar-refractivity contribution in [1.82, 2.24) is 15.5 Å². The molecule has 0 bridgehead atoms. The molecule has 6 nitrogen and oxygen atoms in total. The minimum Gasteiger partial charge on any atom is -0.444 e. The molecule has 0 aliphatic carbocycles. The molecule has 1 atom stereocenters. The van der Waals surface area contributed by atoms with Crippen molar-refractivity contribution in [3.63, 3.8) is 0 Å². The molecule has 0 aromatic carbocycles. The van der Waals surface area contributed by atoms with Crippen molar-refractivity contribution in [3.8, 4) is 0 Å². The van der Waals surface area contributed by atoms with Crippen molar-refractivity contribution in [2.45, 2.75) is 51.7 Å². The van der Waals surface area contributed by atoms with Crippen LogP contribution < -0.4 is 10.2 Å². The zero-order valence-corrected chi connectivity index (χ0v) is 14.1. The molecule has 0 radical (unpaired) electrons. The van der Waals surface area contributed by atoms with Gasteiger partial charge in [0.05, 0.1) is 0 Å². The Hall–Kier alpha value is -1.56. The highest BCUT2D eigenvalue weighted by atomic mass is 35.5. The number of alkyl carbamates (subject to hydrolysis) is 1. The van der Waals surface area contributed by atoms with Gasteiger partial charge in [0, 0.05) is 19.1 Å².